The van der Waals surface area contributed by atoms with Gasteiger partial charge in [-0.1, -0.05) is 12.1 Å². The number of amides is 1. The van der Waals surface area contributed by atoms with Crippen LogP contribution in [-0.4, -0.2) is 43.5 Å². The molecule has 0 radical (unpaired) electrons. The molecule has 1 aromatic rings. The summed E-state index contributed by atoms with van der Waals surface area (Å²) in [6.07, 6.45) is 0. The maximum absolute atomic E-state index is 12.8. The van der Waals surface area contributed by atoms with E-state index >= 15 is 0 Å². The third kappa shape index (κ3) is 6.35. The number of benzene rings is 1. The Hall–Kier alpha value is -1.95. The summed E-state index contributed by atoms with van der Waals surface area (Å²) in [5.74, 6) is -0.885. The van der Waals surface area contributed by atoms with Gasteiger partial charge < -0.3 is 10.1 Å². The van der Waals surface area contributed by atoms with Crippen LogP contribution in [-0.2, 0) is 14.3 Å². The average molecular weight is 296 g/mol. The second kappa shape index (κ2) is 8.36. The third-order valence-electron chi connectivity index (χ3n) is 2.87. The molecule has 0 bridgehead atoms. The highest BCUT2D eigenvalue weighted by Gasteiger charge is 2.14. The molecule has 0 aliphatic heterocycles. The quantitative estimate of drug-likeness (QED) is 0.775. The summed E-state index contributed by atoms with van der Waals surface area (Å²) in [6, 6.07) is 5.73. The molecule has 0 aliphatic rings. The molecule has 1 unspecified atom stereocenters. The topological polar surface area (TPSA) is 58.6 Å². The van der Waals surface area contributed by atoms with E-state index in [1.165, 1.54) is 12.1 Å². The van der Waals surface area contributed by atoms with Gasteiger partial charge in [-0.15, -0.1) is 0 Å². The van der Waals surface area contributed by atoms with Crippen molar-refractivity contribution in [1.82, 2.24) is 10.2 Å². The molecule has 0 fully saturated rings. The van der Waals surface area contributed by atoms with Crippen molar-refractivity contribution in [2.45, 2.75) is 19.9 Å². The normalized spacial score (nSPS) is 12.0. The number of ether oxygens (including phenoxy) is 1. The Morgan fingerprint density at radius 3 is 2.48 bits per heavy atom. The molecule has 1 rings (SSSR count). The van der Waals surface area contributed by atoms with Gasteiger partial charge in [0.25, 0.3) is 0 Å². The summed E-state index contributed by atoms with van der Waals surface area (Å²) >= 11 is 0. The highest BCUT2D eigenvalue weighted by atomic mass is 19.1. The van der Waals surface area contributed by atoms with Gasteiger partial charge in [0.15, 0.2) is 0 Å². The van der Waals surface area contributed by atoms with Gasteiger partial charge in [0.05, 0.1) is 25.7 Å². The Labute approximate surface area is 124 Å². The van der Waals surface area contributed by atoms with E-state index in [4.69, 9.17) is 4.74 Å². The van der Waals surface area contributed by atoms with Crippen molar-refractivity contribution in [2.75, 3.05) is 26.7 Å². The Balaban J connectivity index is 2.42. The first-order valence-corrected chi connectivity index (χ1v) is 6.81. The number of esters is 1. The molecule has 116 valence electrons. The van der Waals surface area contributed by atoms with Crippen molar-refractivity contribution in [3.8, 4) is 0 Å². The maximum atomic E-state index is 12.8. The SMILES string of the molecule is CCOC(=O)CN(C)CC(=O)NC(C)c1ccc(F)cc1. The lowest BCUT2D eigenvalue weighted by Gasteiger charge is -2.18. The zero-order valence-corrected chi connectivity index (χ0v) is 12.6. The van der Waals surface area contributed by atoms with Gasteiger partial charge >= 0.3 is 5.97 Å². The van der Waals surface area contributed by atoms with Crippen LogP contribution in [0, 0.1) is 5.82 Å². The van der Waals surface area contributed by atoms with Gasteiger partial charge in [0, 0.05) is 0 Å². The van der Waals surface area contributed by atoms with E-state index in [0.717, 1.165) is 5.56 Å². The highest BCUT2D eigenvalue weighted by molar-refractivity contribution is 5.79. The Kier molecular flexibility index (Phi) is 6.81. The molecule has 6 heteroatoms. The Morgan fingerprint density at radius 1 is 1.29 bits per heavy atom. The molecule has 1 atom stereocenters. The Morgan fingerprint density at radius 2 is 1.90 bits per heavy atom. The van der Waals surface area contributed by atoms with E-state index in [1.54, 1.807) is 31.0 Å². The van der Waals surface area contributed by atoms with Crippen LogP contribution in [0.3, 0.4) is 0 Å². The Bertz CT molecular complexity index is 476. The van der Waals surface area contributed by atoms with E-state index in [0.29, 0.717) is 6.61 Å². The zero-order chi connectivity index (χ0) is 15.8. The summed E-state index contributed by atoms with van der Waals surface area (Å²) in [4.78, 5) is 24.7. The number of halogens is 1. The minimum Gasteiger partial charge on any atom is -0.465 e. The predicted molar refractivity (Wildman–Crippen MR) is 77.1 cm³/mol. The smallest absolute Gasteiger partial charge is 0.320 e. The van der Waals surface area contributed by atoms with E-state index in [2.05, 4.69) is 5.32 Å². The molecule has 1 N–H and O–H groups in total. The van der Waals surface area contributed by atoms with Crippen LogP contribution in [0.15, 0.2) is 24.3 Å². The number of carbonyl (C=O) groups is 2. The summed E-state index contributed by atoms with van der Waals surface area (Å²) in [6.45, 7) is 4.02. The van der Waals surface area contributed by atoms with Gasteiger partial charge in [-0.05, 0) is 38.6 Å². The molecule has 5 nitrogen and oxygen atoms in total. The van der Waals surface area contributed by atoms with E-state index in [-0.39, 0.29) is 36.8 Å². The summed E-state index contributed by atoms with van der Waals surface area (Å²) in [5, 5.41) is 2.80. The van der Waals surface area contributed by atoms with Crippen LogP contribution >= 0.6 is 0 Å². The monoisotopic (exact) mass is 296 g/mol. The summed E-state index contributed by atoms with van der Waals surface area (Å²) < 4.78 is 17.6. The molecule has 0 spiro atoms. The van der Waals surface area contributed by atoms with Crippen LogP contribution in [0.2, 0.25) is 0 Å². The minimum atomic E-state index is -0.362. The predicted octanol–water partition coefficient (Wildman–Crippen LogP) is 1.50. The lowest BCUT2D eigenvalue weighted by atomic mass is 10.1. The van der Waals surface area contributed by atoms with Gasteiger partial charge in [-0.25, -0.2) is 4.39 Å². The number of nitrogens with zero attached hydrogens (tertiary/aromatic N) is 1. The fourth-order valence-electron chi connectivity index (χ4n) is 1.85. The van der Waals surface area contributed by atoms with Crippen molar-refractivity contribution in [3.63, 3.8) is 0 Å². The molecule has 1 aromatic carbocycles. The van der Waals surface area contributed by atoms with Gasteiger partial charge in [-0.2, -0.15) is 0 Å². The van der Waals surface area contributed by atoms with E-state index in [9.17, 15) is 14.0 Å². The highest BCUT2D eigenvalue weighted by Crippen LogP contribution is 2.12. The first-order valence-electron chi connectivity index (χ1n) is 6.81. The number of carbonyl (C=O) groups excluding carboxylic acids is 2. The number of rotatable bonds is 7. The van der Waals surface area contributed by atoms with Crippen LogP contribution in [0.4, 0.5) is 4.39 Å². The fourth-order valence-corrected chi connectivity index (χ4v) is 1.85. The molecule has 0 saturated heterocycles. The number of hydrogen-bond donors (Lipinski definition) is 1. The van der Waals surface area contributed by atoms with Crippen LogP contribution in [0.5, 0.6) is 0 Å². The average Bonchev–Trinajstić information content (AvgIpc) is 2.38. The van der Waals surface area contributed by atoms with Crippen LogP contribution in [0.25, 0.3) is 0 Å². The molecule has 0 saturated carbocycles. The molecule has 21 heavy (non-hydrogen) atoms. The minimum absolute atomic E-state index is 0.0617. The lowest BCUT2D eigenvalue weighted by molar-refractivity contribution is -0.144. The molecular weight excluding hydrogens is 275 g/mol. The first kappa shape index (κ1) is 17.1. The standard InChI is InChI=1S/C15H21FN2O3/c1-4-21-15(20)10-18(3)9-14(19)17-11(2)12-5-7-13(16)8-6-12/h5-8,11H,4,9-10H2,1-3H3,(H,17,19). The molecule has 1 amide bonds. The van der Waals surface area contributed by atoms with Gasteiger partial charge in [0.2, 0.25) is 5.91 Å². The number of hydrogen-bond acceptors (Lipinski definition) is 4. The molecular formula is C15H21FN2O3. The summed E-state index contributed by atoms with van der Waals surface area (Å²) in [5.41, 5.74) is 0.817. The van der Waals surface area contributed by atoms with Crippen molar-refractivity contribution >= 4 is 11.9 Å². The number of likely N-dealkylation sites (N-methyl/N-ethyl adjacent to an activating group) is 1. The maximum Gasteiger partial charge on any atom is 0.320 e. The van der Waals surface area contributed by atoms with Crippen molar-refractivity contribution in [2.24, 2.45) is 0 Å². The third-order valence-corrected chi connectivity index (χ3v) is 2.87. The van der Waals surface area contributed by atoms with E-state index < -0.39 is 0 Å². The summed E-state index contributed by atoms with van der Waals surface area (Å²) in [7, 11) is 1.67. The molecule has 0 aromatic heterocycles. The number of nitrogens with one attached hydrogen (secondary N) is 1. The fraction of sp³-hybridized carbons (Fsp3) is 0.467. The molecule has 0 aliphatic carbocycles. The zero-order valence-electron chi connectivity index (χ0n) is 12.6. The second-order valence-electron chi connectivity index (χ2n) is 4.82. The van der Waals surface area contributed by atoms with Crippen molar-refractivity contribution < 1.29 is 18.7 Å². The van der Waals surface area contributed by atoms with Crippen molar-refractivity contribution in [1.29, 1.82) is 0 Å². The first-order chi connectivity index (χ1) is 9.92. The molecule has 0 heterocycles. The largest absolute Gasteiger partial charge is 0.465 e. The van der Waals surface area contributed by atoms with E-state index in [1.807, 2.05) is 6.92 Å². The van der Waals surface area contributed by atoms with Gasteiger partial charge in [0.1, 0.15) is 5.82 Å². The second-order valence-corrected chi connectivity index (χ2v) is 4.82. The van der Waals surface area contributed by atoms with Gasteiger partial charge in [-0.3, -0.25) is 14.5 Å². The van der Waals surface area contributed by atoms with Crippen LogP contribution in [0.1, 0.15) is 25.5 Å². The van der Waals surface area contributed by atoms with Crippen LogP contribution < -0.4 is 5.32 Å². The lowest BCUT2D eigenvalue weighted by Crippen LogP contribution is -2.38. The van der Waals surface area contributed by atoms with Crippen molar-refractivity contribution in [3.05, 3.63) is 35.6 Å².